The molecule has 4 aromatic carbocycles. The molecule has 0 fully saturated rings. The SMILES string of the molecule is O=C(Nc1ccc(F)cc1)c1ccc(-n2nc(-c3ccccc3)cc2-c2ccccc2)cc1. The van der Waals surface area contributed by atoms with Gasteiger partial charge in [-0.3, -0.25) is 4.79 Å². The molecule has 0 unspecified atom stereocenters. The van der Waals surface area contributed by atoms with E-state index in [4.69, 9.17) is 5.10 Å². The quantitative estimate of drug-likeness (QED) is 0.340. The second kappa shape index (κ2) is 8.93. The fourth-order valence-electron chi connectivity index (χ4n) is 3.63. The molecule has 0 atom stereocenters. The highest BCUT2D eigenvalue weighted by molar-refractivity contribution is 6.04. The van der Waals surface area contributed by atoms with Crippen molar-refractivity contribution in [3.8, 4) is 28.2 Å². The van der Waals surface area contributed by atoms with Crippen LogP contribution in [0.4, 0.5) is 10.1 Å². The lowest BCUT2D eigenvalue weighted by molar-refractivity contribution is 0.102. The van der Waals surface area contributed by atoms with Crippen LogP contribution in [-0.4, -0.2) is 15.7 Å². The summed E-state index contributed by atoms with van der Waals surface area (Å²) in [5.41, 5.74) is 5.78. The molecule has 0 aliphatic heterocycles. The minimum absolute atomic E-state index is 0.262. The molecule has 4 nitrogen and oxygen atoms in total. The van der Waals surface area contributed by atoms with Crippen molar-refractivity contribution in [1.82, 2.24) is 9.78 Å². The van der Waals surface area contributed by atoms with Crippen molar-refractivity contribution < 1.29 is 9.18 Å². The van der Waals surface area contributed by atoms with Gasteiger partial charge in [-0.1, -0.05) is 60.7 Å². The van der Waals surface area contributed by atoms with Crippen molar-refractivity contribution in [2.45, 2.75) is 0 Å². The molecule has 0 radical (unpaired) electrons. The molecule has 0 aliphatic carbocycles. The van der Waals surface area contributed by atoms with Crippen molar-refractivity contribution in [2.75, 3.05) is 5.32 Å². The number of hydrogen-bond acceptors (Lipinski definition) is 2. The molecule has 0 aliphatic rings. The first kappa shape index (κ1) is 20.4. The monoisotopic (exact) mass is 433 g/mol. The molecule has 0 saturated carbocycles. The normalized spacial score (nSPS) is 10.7. The lowest BCUT2D eigenvalue weighted by atomic mass is 10.1. The fraction of sp³-hybridized carbons (Fsp3) is 0. The average Bonchev–Trinajstić information content (AvgIpc) is 3.32. The number of nitrogens with zero attached hydrogens (tertiary/aromatic N) is 2. The summed E-state index contributed by atoms with van der Waals surface area (Å²) in [7, 11) is 0. The van der Waals surface area contributed by atoms with Gasteiger partial charge in [-0.05, 0) is 54.6 Å². The van der Waals surface area contributed by atoms with Crippen LogP contribution in [0.25, 0.3) is 28.2 Å². The second-order valence-electron chi connectivity index (χ2n) is 7.57. The van der Waals surface area contributed by atoms with Crippen LogP contribution in [0.3, 0.4) is 0 Å². The Bertz CT molecular complexity index is 1380. The maximum absolute atomic E-state index is 13.1. The van der Waals surface area contributed by atoms with Gasteiger partial charge < -0.3 is 5.32 Å². The van der Waals surface area contributed by atoms with Gasteiger partial charge in [0.15, 0.2) is 0 Å². The van der Waals surface area contributed by atoms with Gasteiger partial charge >= 0.3 is 0 Å². The number of carbonyl (C=O) groups is 1. The van der Waals surface area contributed by atoms with Crippen molar-refractivity contribution in [3.63, 3.8) is 0 Å². The summed E-state index contributed by atoms with van der Waals surface area (Å²) in [4.78, 5) is 12.6. The van der Waals surface area contributed by atoms with Crippen molar-refractivity contribution in [1.29, 1.82) is 0 Å². The summed E-state index contributed by atoms with van der Waals surface area (Å²) in [6, 6.07) is 35.1. The smallest absolute Gasteiger partial charge is 0.255 e. The summed E-state index contributed by atoms with van der Waals surface area (Å²) in [5.74, 6) is -0.609. The molecule has 1 N–H and O–H groups in total. The van der Waals surface area contributed by atoms with Gasteiger partial charge in [0.1, 0.15) is 5.82 Å². The number of carbonyl (C=O) groups excluding carboxylic acids is 1. The molecule has 5 heteroatoms. The van der Waals surface area contributed by atoms with Crippen LogP contribution in [0.5, 0.6) is 0 Å². The first-order valence-electron chi connectivity index (χ1n) is 10.6. The molecule has 5 aromatic rings. The number of halogens is 1. The van der Waals surface area contributed by atoms with Gasteiger partial charge in [-0.25, -0.2) is 9.07 Å². The maximum Gasteiger partial charge on any atom is 0.255 e. The lowest BCUT2D eigenvalue weighted by Gasteiger charge is -2.09. The van der Waals surface area contributed by atoms with Gasteiger partial charge in [0.2, 0.25) is 0 Å². The standard InChI is InChI=1S/C28H20FN3O/c29-23-13-15-24(16-14-23)30-28(33)22-11-17-25(18-12-22)32-27(21-9-5-2-6-10-21)19-26(31-32)20-7-3-1-4-8-20/h1-19H,(H,30,33). The first-order valence-corrected chi connectivity index (χ1v) is 10.6. The molecule has 1 heterocycles. The van der Waals surface area contributed by atoms with E-state index in [0.29, 0.717) is 11.3 Å². The maximum atomic E-state index is 13.1. The van der Waals surface area contributed by atoms with Crippen LogP contribution >= 0.6 is 0 Å². The third kappa shape index (κ3) is 4.43. The van der Waals surface area contributed by atoms with Crippen molar-refractivity contribution >= 4 is 11.6 Å². The number of benzene rings is 4. The van der Waals surface area contributed by atoms with E-state index in [1.807, 2.05) is 77.5 Å². The van der Waals surface area contributed by atoms with Crippen LogP contribution in [0, 0.1) is 5.82 Å². The minimum atomic E-state index is -0.347. The second-order valence-corrected chi connectivity index (χ2v) is 7.57. The molecular weight excluding hydrogens is 413 g/mol. The van der Waals surface area contributed by atoms with E-state index in [9.17, 15) is 9.18 Å². The summed E-state index contributed by atoms with van der Waals surface area (Å²) in [6.07, 6.45) is 0. The van der Waals surface area contributed by atoms with Gasteiger partial charge in [-0.15, -0.1) is 0 Å². The van der Waals surface area contributed by atoms with E-state index in [0.717, 1.165) is 28.2 Å². The Labute approximate surface area is 191 Å². The Morgan fingerprint density at radius 3 is 1.97 bits per heavy atom. The van der Waals surface area contributed by atoms with E-state index in [2.05, 4.69) is 11.4 Å². The third-order valence-corrected chi connectivity index (χ3v) is 5.32. The Hall–Kier alpha value is -4.51. The zero-order valence-corrected chi connectivity index (χ0v) is 17.7. The Morgan fingerprint density at radius 1 is 0.727 bits per heavy atom. The van der Waals surface area contributed by atoms with Gasteiger partial charge in [-0.2, -0.15) is 5.10 Å². The van der Waals surface area contributed by atoms with Crippen molar-refractivity contribution in [3.05, 3.63) is 127 Å². The number of aromatic nitrogens is 2. The number of rotatable bonds is 5. The fourth-order valence-corrected chi connectivity index (χ4v) is 3.63. The lowest BCUT2D eigenvalue weighted by Crippen LogP contribution is -2.12. The van der Waals surface area contributed by atoms with E-state index in [1.54, 1.807) is 12.1 Å². The van der Waals surface area contributed by atoms with Crippen LogP contribution in [0.2, 0.25) is 0 Å². The van der Waals surface area contributed by atoms with E-state index < -0.39 is 0 Å². The van der Waals surface area contributed by atoms with Gasteiger partial charge in [0, 0.05) is 22.4 Å². The molecule has 0 saturated heterocycles. The number of anilines is 1. The summed E-state index contributed by atoms with van der Waals surface area (Å²) >= 11 is 0. The predicted octanol–water partition coefficient (Wildman–Crippen LogP) is 6.60. The predicted molar refractivity (Wildman–Crippen MR) is 129 cm³/mol. The van der Waals surface area contributed by atoms with Crippen LogP contribution in [-0.2, 0) is 0 Å². The average molecular weight is 433 g/mol. The topological polar surface area (TPSA) is 46.9 Å². The highest BCUT2D eigenvalue weighted by Crippen LogP contribution is 2.28. The zero-order valence-electron chi connectivity index (χ0n) is 17.7. The number of amides is 1. The highest BCUT2D eigenvalue weighted by atomic mass is 19.1. The molecule has 0 spiro atoms. The number of nitrogens with one attached hydrogen (secondary N) is 1. The van der Waals surface area contributed by atoms with E-state index >= 15 is 0 Å². The third-order valence-electron chi connectivity index (χ3n) is 5.32. The Morgan fingerprint density at radius 2 is 1.33 bits per heavy atom. The van der Waals surface area contributed by atoms with Crippen molar-refractivity contribution in [2.24, 2.45) is 0 Å². The van der Waals surface area contributed by atoms with Crippen LogP contribution in [0.1, 0.15) is 10.4 Å². The zero-order chi connectivity index (χ0) is 22.6. The first-order chi connectivity index (χ1) is 16.2. The number of hydrogen-bond donors (Lipinski definition) is 1. The van der Waals surface area contributed by atoms with Gasteiger partial charge in [0.05, 0.1) is 17.1 Å². The summed E-state index contributed by atoms with van der Waals surface area (Å²) in [5, 5.41) is 7.64. The highest BCUT2D eigenvalue weighted by Gasteiger charge is 2.14. The molecule has 160 valence electrons. The molecule has 5 rings (SSSR count). The molecule has 1 amide bonds. The van der Waals surface area contributed by atoms with Crippen LogP contribution < -0.4 is 5.32 Å². The Kier molecular flexibility index (Phi) is 5.52. The molecule has 1 aromatic heterocycles. The molecule has 33 heavy (non-hydrogen) atoms. The van der Waals surface area contributed by atoms with Crippen LogP contribution in [0.15, 0.2) is 115 Å². The minimum Gasteiger partial charge on any atom is -0.322 e. The summed E-state index contributed by atoms with van der Waals surface area (Å²) < 4.78 is 15.0. The summed E-state index contributed by atoms with van der Waals surface area (Å²) in [6.45, 7) is 0. The molecule has 0 bridgehead atoms. The van der Waals surface area contributed by atoms with E-state index in [1.165, 1.54) is 24.3 Å². The van der Waals surface area contributed by atoms with Gasteiger partial charge in [0.25, 0.3) is 5.91 Å². The Balaban J connectivity index is 1.47. The van der Waals surface area contributed by atoms with E-state index in [-0.39, 0.29) is 11.7 Å². The largest absolute Gasteiger partial charge is 0.322 e. The molecular formula is C28H20FN3O.